The molecule has 1 saturated heterocycles. The van der Waals surface area contributed by atoms with Gasteiger partial charge in [-0.05, 0) is 6.42 Å². The topological polar surface area (TPSA) is 116 Å². The maximum absolute atomic E-state index is 11.4. The molecule has 0 amide bonds. The molecule has 5 unspecified atom stereocenters. The number of unbranched alkanes of at least 4 members (excludes halogenated alkanes) is 1. The molecular formula is C11H20O7. The predicted molar refractivity (Wildman–Crippen MR) is 59.4 cm³/mol. The zero-order valence-electron chi connectivity index (χ0n) is 10.2. The van der Waals surface area contributed by atoms with Crippen LogP contribution in [-0.2, 0) is 14.3 Å². The Kier molecular flexibility index (Phi) is 5.97. The van der Waals surface area contributed by atoms with Gasteiger partial charge in [-0.15, -0.1) is 0 Å². The summed E-state index contributed by atoms with van der Waals surface area (Å²) >= 11 is 0. The minimum absolute atomic E-state index is 0.186. The molecule has 7 heteroatoms. The molecule has 1 rings (SSSR count). The fourth-order valence-corrected chi connectivity index (χ4v) is 1.67. The van der Waals surface area contributed by atoms with Crippen molar-refractivity contribution in [2.45, 2.75) is 56.9 Å². The van der Waals surface area contributed by atoms with E-state index in [2.05, 4.69) is 0 Å². The highest BCUT2D eigenvalue weighted by Crippen LogP contribution is 2.22. The fraction of sp³-hybridized carbons (Fsp3) is 0.909. The molecule has 0 saturated carbocycles. The van der Waals surface area contributed by atoms with Crippen LogP contribution >= 0.6 is 0 Å². The molecule has 106 valence electrons. The highest BCUT2D eigenvalue weighted by molar-refractivity contribution is 5.69. The van der Waals surface area contributed by atoms with Crippen LogP contribution in [0.15, 0.2) is 0 Å². The highest BCUT2D eigenvalue weighted by Gasteiger charge is 2.45. The van der Waals surface area contributed by atoms with Gasteiger partial charge in [0.2, 0.25) is 6.29 Å². The summed E-state index contributed by atoms with van der Waals surface area (Å²) in [6.07, 6.45) is -5.29. The molecule has 0 spiro atoms. The highest BCUT2D eigenvalue weighted by atomic mass is 16.7. The Labute approximate surface area is 105 Å². The van der Waals surface area contributed by atoms with Crippen molar-refractivity contribution in [3.63, 3.8) is 0 Å². The first-order valence-corrected chi connectivity index (χ1v) is 6.01. The zero-order valence-corrected chi connectivity index (χ0v) is 10.2. The van der Waals surface area contributed by atoms with Crippen LogP contribution in [0.3, 0.4) is 0 Å². The van der Waals surface area contributed by atoms with Crippen molar-refractivity contribution in [1.82, 2.24) is 0 Å². The van der Waals surface area contributed by atoms with Crippen molar-refractivity contribution in [1.29, 1.82) is 0 Å². The first kappa shape index (κ1) is 15.3. The van der Waals surface area contributed by atoms with Crippen molar-refractivity contribution in [3.05, 3.63) is 0 Å². The Morgan fingerprint density at radius 1 is 1.22 bits per heavy atom. The van der Waals surface area contributed by atoms with Crippen LogP contribution in [0.2, 0.25) is 0 Å². The molecule has 1 aliphatic heterocycles. The lowest BCUT2D eigenvalue weighted by Gasteiger charge is -2.39. The Balaban J connectivity index is 2.56. The minimum atomic E-state index is -1.53. The second kappa shape index (κ2) is 7.01. The van der Waals surface area contributed by atoms with E-state index in [0.29, 0.717) is 6.42 Å². The molecular weight excluding hydrogens is 244 g/mol. The average Bonchev–Trinajstić information content (AvgIpc) is 2.37. The number of rotatable bonds is 5. The van der Waals surface area contributed by atoms with Crippen LogP contribution in [0.1, 0.15) is 26.2 Å². The van der Waals surface area contributed by atoms with E-state index in [1.165, 1.54) is 0 Å². The van der Waals surface area contributed by atoms with E-state index in [9.17, 15) is 20.1 Å². The third-order valence-corrected chi connectivity index (χ3v) is 2.83. The summed E-state index contributed by atoms with van der Waals surface area (Å²) in [4.78, 5) is 11.4. The molecule has 1 aliphatic rings. The second-order valence-electron chi connectivity index (χ2n) is 4.29. The number of carbonyl (C=O) groups excluding carboxylic acids is 1. The third-order valence-electron chi connectivity index (χ3n) is 2.83. The van der Waals surface area contributed by atoms with Gasteiger partial charge in [-0.2, -0.15) is 0 Å². The summed E-state index contributed by atoms with van der Waals surface area (Å²) in [5, 5.41) is 37.5. The van der Waals surface area contributed by atoms with Crippen molar-refractivity contribution >= 4 is 5.97 Å². The molecule has 18 heavy (non-hydrogen) atoms. The molecule has 0 radical (unpaired) electrons. The van der Waals surface area contributed by atoms with Crippen LogP contribution in [0.5, 0.6) is 0 Å². The second-order valence-corrected chi connectivity index (χ2v) is 4.29. The summed E-state index contributed by atoms with van der Waals surface area (Å²) in [5.41, 5.74) is 0. The quantitative estimate of drug-likeness (QED) is 0.447. The Bertz CT molecular complexity index is 268. The zero-order chi connectivity index (χ0) is 13.7. The van der Waals surface area contributed by atoms with E-state index in [1.807, 2.05) is 6.92 Å². The van der Waals surface area contributed by atoms with Crippen molar-refractivity contribution in [2.24, 2.45) is 0 Å². The number of ether oxygens (including phenoxy) is 2. The molecule has 1 heterocycles. The van der Waals surface area contributed by atoms with Crippen LogP contribution in [-0.4, -0.2) is 63.7 Å². The largest absolute Gasteiger partial charge is 0.433 e. The maximum Gasteiger partial charge on any atom is 0.308 e. The summed E-state index contributed by atoms with van der Waals surface area (Å²) in [5.74, 6) is -0.554. The van der Waals surface area contributed by atoms with E-state index in [4.69, 9.17) is 14.6 Å². The SMILES string of the molecule is CCCCC(=O)OC1OC(CO)C(O)C(O)C1O. The van der Waals surface area contributed by atoms with Crippen LogP contribution in [0.4, 0.5) is 0 Å². The van der Waals surface area contributed by atoms with Crippen molar-refractivity contribution < 1.29 is 34.7 Å². The van der Waals surface area contributed by atoms with Gasteiger partial charge in [-0.1, -0.05) is 13.3 Å². The Hall–Kier alpha value is -0.730. The van der Waals surface area contributed by atoms with Gasteiger partial charge >= 0.3 is 5.97 Å². The monoisotopic (exact) mass is 264 g/mol. The van der Waals surface area contributed by atoms with Gasteiger partial charge in [0.15, 0.2) is 0 Å². The standard InChI is InChI=1S/C11H20O7/c1-2-3-4-7(13)18-11-10(16)9(15)8(14)6(5-12)17-11/h6,8-12,14-16H,2-5H2,1H3. The molecule has 7 nitrogen and oxygen atoms in total. The van der Waals surface area contributed by atoms with Gasteiger partial charge in [0.25, 0.3) is 0 Å². The van der Waals surface area contributed by atoms with E-state index in [1.54, 1.807) is 0 Å². The molecule has 0 aromatic heterocycles. The van der Waals surface area contributed by atoms with Gasteiger partial charge in [0.05, 0.1) is 6.61 Å². The van der Waals surface area contributed by atoms with Crippen LogP contribution < -0.4 is 0 Å². The van der Waals surface area contributed by atoms with E-state index in [0.717, 1.165) is 6.42 Å². The van der Waals surface area contributed by atoms with E-state index >= 15 is 0 Å². The Morgan fingerprint density at radius 3 is 2.44 bits per heavy atom. The summed E-state index contributed by atoms with van der Waals surface area (Å²) in [6, 6.07) is 0. The van der Waals surface area contributed by atoms with Gasteiger partial charge < -0.3 is 29.9 Å². The smallest absolute Gasteiger partial charge is 0.308 e. The minimum Gasteiger partial charge on any atom is -0.433 e. The number of hydrogen-bond acceptors (Lipinski definition) is 7. The predicted octanol–water partition coefficient (Wildman–Crippen LogP) is -1.48. The molecule has 0 bridgehead atoms. The van der Waals surface area contributed by atoms with Crippen molar-refractivity contribution in [3.8, 4) is 0 Å². The van der Waals surface area contributed by atoms with Gasteiger partial charge in [0.1, 0.15) is 24.4 Å². The van der Waals surface area contributed by atoms with Crippen molar-refractivity contribution in [2.75, 3.05) is 6.61 Å². The van der Waals surface area contributed by atoms with Gasteiger partial charge in [-0.3, -0.25) is 4.79 Å². The third kappa shape index (κ3) is 3.63. The number of hydrogen-bond donors (Lipinski definition) is 4. The number of carbonyl (C=O) groups is 1. The lowest BCUT2D eigenvalue weighted by Crippen LogP contribution is -2.59. The van der Waals surface area contributed by atoms with Gasteiger partial charge in [-0.25, -0.2) is 0 Å². The first-order chi connectivity index (χ1) is 8.51. The number of esters is 1. The lowest BCUT2D eigenvalue weighted by atomic mass is 9.99. The lowest BCUT2D eigenvalue weighted by molar-refractivity contribution is -0.292. The van der Waals surface area contributed by atoms with Gasteiger partial charge in [0, 0.05) is 6.42 Å². The molecule has 0 aromatic carbocycles. The van der Waals surface area contributed by atoms with Crippen LogP contribution in [0.25, 0.3) is 0 Å². The molecule has 1 fully saturated rings. The van der Waals surface area contributed by atoms with E-state index < -0.39 is 43.3 Å². The molecule has 4 N–H and O–H groups in total. The maximum atomic E-state index is 11.4. The number of aliphatic hydroxyl groups is 4. The normalized spacial score (nSPS) is 36.4. The van der Waals surface area contributed by atoms with Crippen LogP contribution in [0, 0.1) is 0 Å². The number of aliphatic hydroxyl groups excluding tert-OH is 4. The summed E-state index contributed by atoms with van der Waals surface area (Å²) < 4.78 is 9.89. The van der Waals surface area contributed by atoms with E-state index in [-0.39, 0.29) is 6.42 Å². The molecule has 0 aliphatic carbocycles. The molecule has 0 aromatic rings. The molecule has 5 atom stereocenters. The fourth-order valence-electron chi connectivity index (χ4n) is 1.67. The Morgan fingerprint density at radius 2 is 1.89 bits per heavy atom. The summed E-state index contributed by atoms with van der Waals surface area (Å²) in [7, 11) is 0. The first-order valence-electron chi connectivity index (χ1n) is 6.01. The average molecular weight is 264 g/mol. The summed E-state index contributed by atoms with van der Waals surface area (Å²) in [6.45, 7) is 1.37.